The Balaban J connectivity index is 1.91. The first-order valence-electron chi connectivity index (χ1n) is 7.06. The largest absolute Gasteiger partial charge is 0.370 e. The van der Waals surface area contributed by atoms with Crippen LogP contribution in [0.25, 0.3) is 0 Å². The molecule has 2 rings (SSSR count). The Morgan fingerprint density at radius 2 is 2.11 bits per heavy atom. The smallest absolute Gasteiger partial charge is 0.132 e. The predicted octanol–water partition coefficient (Wildman–Crippen LogP) is 3.30. The van der Waals surface area contributed by atoms with Crippen molar-refractivity contribution in [2.75, 3.05) is 23.4 Å². The van der Waals surface area contributed by atoms with Gasteiger partial charge in [-0.15, -0.1) is 0 Å². The molecule has 0 atom stereocenters. The second-order valence-electron chi connectivity index (χ2n) is 4.69. The lowest BCUT2D eigenvalue weighted by Crippen LogP contribution is -2.09. The van der Waals surface area contributed by atoms with E-state index in [-0.39, 0.29) is 0 Å². The Morgan fingerprint density at radius 3 is 3.00 bits per heavy atom. The van der Waals surface area contributed by atoms with Crippen molar-refractivity contribution in [3.8, 4) is 0 Å². The molecular weight excluding hydrogens is 242 g/mol. The van der Waals surface area contributed by atoms with Gasteiger partial charge in [-0.05, 0) is 43.6 Å². The quantitative estimate of drug-likeness (QED) is 0.632. The van der Waals surface area contributed by atoms with Gasteiger partial charge in [-0.1, -0.05) is 13.3 Å². The first kappa shape index (κ1) is 13.7. The van der Waals surface area contributed by atoms with Crippen molar-refractivity contribution >= 4 is 17.6 Å². The van der Waals surface area contributed by atoms with Crippen molar-refractivity contribution < 1.29 is 0 Å². The molecule has 0 spiro atoms. The van der Waals surface area contributed by atoms with E-state index < -0.39 is 0 Å². The third kappa shape index (κ3) is 3.87. The Labute approximate surface area is 114 Å². The molecule has 0 radical (unpaired) electrons. The van der Waals surface area contributed by atoms with Crippen LogP contribution in [0, 0.1) is 0 Å². The van der Waals surface area contributed by atoms with E-state index in [2.05, 4.69) is 22.2 Å². The average Bonchev–Trinajstić information content (AvgIpc) is 2.64. The maximum atomic E-state index is 4.44. The summed E-state index contributed by atoms with van der Waals surface area (Å²) in [6, 6.07) is 0. The maximum Gasteiger partial charge on any atom is 0.132 e. The summed E-state index contributed by atoms with van der Waals surface area (Å²) >= 11 is 2.00. The van der Waals surface area contributed by atoms with Crippen LogP contribution in [0.15, 0.2) is 6.33 Å². The van der Waals surface area contributed by atoms with Gasteiger partial charge in [0.05, 0.1) is 0 Å². The van der Waals surface area contributed by atoms with Gasteiger partial charge in [-0.2, -0.15) is 11.8 Å². The van der Waals surface area contributed by atoms with Crippen LogP contribution in [0.1, 0.15) is 43.9 Å². The first-order chi connectivity index (χ1) is 8.92. The number of anilines is 1. The second-order valence-corrected chi connectivity index (χ2v) is 6.08. The topological polar surface area (TPSA) is 37.8 Å². The Bertz CT molecular complexity index is 368. The fourth-order valence-electron chi connectivity index (χ4n) is 2.38. The van der Waals surface area contributed by atoms with Crippen LogP contribution >= 0.6 is 11.8 Å². The number of fused-ring (bicyclic) bond motifs is 1. The summed E-state index contributed by atoms with van der Waals surface area (Å²) in [6.45, 7) is 3.23. The molecule has 1 aromatic heterocycles. The Kier molecular flexibility index (Phi) is 5.78. The lowest BCUT2D eigenvalue weighted by molar-refractivity contribution is 0.708. The highest BCUT2D eigenvalue weighted by Gasteiger charge is 2.13. The number of nitrogens with one attached hydrogen (secondary N) is 1. The zero-order chi connectivity index (χ0) is 12.6. The summed E-state index contributed by atoms with van der Waals surface area (Å²) in [5.74, 6) is 3.53. The van der Waals surface area contributed by atoms with Crippen LogP contribution in [0.5, 0.6) is 0 Å². The van der Waals surface area contributed by atoms with Gasteiger partial charge in [-0.25, -0.2) is 9.97 Å². The van der Waals surface area contributed by atoms with Gasteiger partial charge in [0.25, 0.3) is 0 Å². The number of hydrogen-bond donors (Lipinski definition) is 1. The fraction of sp³-hybridized carbons (Fsp3) is 0.714. The molecule has 1 N–H and O–H groups in total. The molecule has 1 aromatic rings. The van der Waals surface area contributed by atoms with Gasteiger partial charge < -0.3 is 5.32 Å². The molecule has 1 heterocycles. The van der Waals surface area contributed by atoms with Gasteiger partial charge in [-0.3, -0.25) is 0 Å². The van der Waals surface area contributed by atoms with Crippen LogP contribution in [-0.2, 0) is 12.8 Å². The van der Waals surface area contributed by atoms with Gasteiger partial charge in [0.2, 0.25) is 0 Å². The number of aryl methyl sites for hydroxylation is 1. The van der Waals surface area contributed by atoms with Crippen molar-refractivity contribution in [2.45, 2.75) is 45.4 Å². The second kappa shape index (κ2) is 7.62. The maximum absolute atomic E-state index is 4.44. The van der Waals surface area contributed by atoms with E-state index in [1.807, 2.05) is 11.8 Å². The molecule has 0 bridgehead atoms. The highest BCUT2D eigenvalue weighted by atomic mass is 32.2. The van der Waals surface area contributed by atoms with Gasteiger partial charge in [0.15, 0.2) is 0 Å². The molecule has 0 fully saturated rings. The molecule has 0 aromatic carbocycles. The van der Waals surface area contributed by atoms with Crippen molar-refractivity contribution in [3.63, 3.8) is 0 Å². The fourth-order valence-corrected chi connectivity index (χ4v) is 3.01. The molecule has 100 valence electrons. The minimum Gasteiger partial charge on any atom is -0.370 e. The van der Waals surface area contributed by atoms with Crippen LogP contribution in [0.2, 0.25) is 0 Å². The molecule has 4 heteroatoms. The Morgan fingerprint density at radius 1 is 1.22 bits per heavy atom. The monoisotopic (exact) mass is 265 g/mol. The molecule has 0 amide bonds. The lowest BCUT2D eigenvalue weighted by Gasteiger charge is -2.12. The predicted molar refractivity (Wildman–Crippen MR) is 79.4 cm³/mol. The van der Waals surface area contributed by atoms with E-state index in [1.165, 1.54) is 48.4 Å². The minimum absolute atomic E-state index is 1.02. The third-order valence-corrected chi connectivity index (χ3v) is 4.32. The van der Waals surface area contributed by atoms with Gasteiger partial charge in [0, 0.05) is 17.8 Å². The summed E-state index contributed by atoms with van der Waals surface area (Å²) < 4.78 is 0. The van der Waals surface area contributed by atoms with E-state index in [9.17, 15) is 0 Å². The first-order valence-corrected chi connectivity index (χ1v) is 8.21. The number of hydrogen-bond acceptors (Lipinski definition) is 4. The van der Waals surface area contributed by atoms with Crippen LogP contribution in [0.3, 0.4) is 0 Å². The standard InChI is InChI=1S/C14H23N3S/c1-2-18-10-6-9-15-14-12-7-4-3-5-8-13(12)16-11-17-14/h11H,2-10H2,1H3,(H,15,16,17). The number of rotatable bonds is 6. The summed E-state index contributed by atoms with van der Waals surface area (Å²) in [5, 5.41) is 3.50. The summed E-state index contributed by atoms with van der Waals surface area (Å²) in [7, 11) is 0. The molecule has 3 nitrogen and oxygen atoms in total. The highest BCUT2D eigenvalue weighted by molar-refractivity contribution is 7.99. The van der Waals surface area contributed by atoms with E-state index >= 15 is 0 Å². The van der Waals surface area contributed by atoms with E-state index in [1.54, 1.807) is 6.33 Å². The average molecular weight is 265 g/mol. The molecular formula is C14H23N3S. The van der Waals surface area contributed by atoms with E-state index in [4.69, 9.17) is 0 Å². The zero-order valence-corrected chi connectivity index (χ0v) is 12.1. The number of nitrogens with zero attached hydrogens (tertiary/aromatic N) is 2. The van der Waals surface area contributed by atoms with Crippen LogP contribution < -0.4 is 5.32 Å². The molecule has 0 aliphatic heterocycles. The van der Waals surface area contributed by atoms with Crippen molar-refractivity contribution in [1.82, 2.24) is 9.97 Å². The normalized spacial score (nSPS) is 14.9. The molecule has 1 aliphatic carbocycles. The SMILES string of the molecule is CCSCCCNc1ncnc2c1CCCCC2. The van der Waals surface area contributed by atoms with Crippen molar-refractivity contribution in [3.05, 3.63) is 17.6 Å². The number of aromatic nitrogens is 2. The number of thioether (sulfide) groups is 1. The highest BCUT2D eigenvalue weighted by Crippen LogP contribution is 2.23. The summed E-state index contributed by atoms with van der Waals surface area (Å²) in [5.41, 5.74) is 2.64. The molecule has 0 unspecified atom stereocenters. The summed E-state index contributed by atoms with van der Waals surface area (Å²) in [4.78, 5) is 8.86. The molecule has 0 saturated carbocycles. The van der Waals surface area contributed by atoms with Crippen LogP contribution in [0.4, 0.5) is 5.82 Å². The summed E-state index contributed by atoms with van der Waals surface area (Å²) in [6.07, 6.45) is 9.06. The molecule has 18 heavy (non-hydrogen) atoms. The van der Waals surface area contributed by atoms with Gasteiger partial charge >= 0.3 is 0 Å². The molecule has 1 aliphatic rings. The zero-order valence-electron chi connectivity index (χ0n) is 11.2. The van der Waals surface area contributed by atoms with E-state index in [0.29, 0.717) is 0 Å². The Hall–Kier alpha value is -0.770. The molecule has 0 saturated heterocycles. The lowest BCUT2D eigenvalue weighted by atomic mass is 10.1. The van der Waals surface area contributed by atoms with Crippen LogP contribution in [-0.4, -0.2) is 28.0 Å². The van der Waals surface area contributed by atoms with Crippen molar-refractivity contribution in [2.24, 2.45) is 0 Å². The minimum atomic E-state index is 1.02. The van der Waals surface area contributed by atoms with Gasteiger partial charge in [0.1, 0.15) is 12.1 Å². The van der Waals surface area contributed by atoms with E-state index in [0.717, 1.165) is 25.2 Å². The van der Waals surface area contributed by atoms with Crippen molar-refractivity contribution in [1.29, 1.82) is 0 Å². The third-order valence-electron chi connectivity index (χ3n) is 3.34.